The molecule has 126 valence electrons. The minimum atomic E-state index is -0.641. The molecule has 3 rings (SSSR count). The number of anilines is 1. The predicted octanol–water partition coefficient (Wildman–Crippen LogP) is 2.93. The molecule has 1 aliphatic rings. The molecule has 0 unspecified atom stereocenters. The Balaban J connectivity index is 1.60. The number of likely N-dealkylation sites (tertiary alicyclic amines) is 1. The summed E-state index contributed by atoms with van der Waals surface area (Å²) in [4.78, 5) is 26.3. The van der Waals surface area contributed by atoms with Gasteiger partial charge in [-0.3, -0.25) is 14.9 Å². The molecule has 1 aromatic carbocycles. The molecule has 24 heavy (non-hydrogen) atoms. The highest BCUT2D eigenvalue weighted by molar-refractivity contribution is 5.91. The molecule has 1 aromatic heterocycles. The van der Waals surface area contributed by atoms with Crippen LogP contribution in [-0.4, -0.2) is 41.9 Å². The lowest BCUT2D eigenvalue weighted by molar-refractivity contribution is -0.402. The first-order valence-corrected chi connectivity index (χ1v) is 7.87. The largest absolute Gasteiger partial charge is 0.433 e. The number of furan rings is 1. The molecule has 2 aromatic rings. The van der Waals surface area contributed by atoms with Crippen molar-refractivity contribution in [3.8, 4) is 0 Å². The van der Waals surface area contributed by atoms with Crippen LogP contribution in [0, 0.1) is 10.1 Å². The Morgan fingerprint density at radius 2 is 1.88 bits per heavy atom. The summed E-state index contributed by atoms with van der Waals surface area (Å²) in [5.41, 5.74) is 1.16. The van der Waals surface area contributed by atoms with Gasteiger partial charge in [0.2, 0.25) is 0 Å². The molecule has 7 nitrogen and oxygen atoms in total. The van der Waals surface area contributed by atoms with Gasteiger partial charge >= 0.3 is 5.88 Å². The number of rotatable bonds is 4. The summed E-state index contributed by atoms with van der Waals surface area (Å²) in [6, 6.07) is 13.1. The minimum Gasteiger partial charge on any atom is -0.395 e. The Hall–Kier alpha value is -2.83. The van der Waals surface area contributed by atoms with Gasteiger partial charge in [-0.1, -0.05) is 18.2 Å². The summed E-state index contributed by atoms with van der Waals surface area (Å²) in [6.45, 7) is 1.21. The van der Waals surface area contributed by atoms with Gasteiger partial charge in [-0.25, -0.2) is 0 Å². The van der Waals surface area contributed by atoms with Crippen molar-refractivity contribution in [2.75, 3.05) is 25.0 Å². The number of carbonyl (C=O) groups excluding carboxylic acids is 1. The van der Waals surface area contributed by atoms with Crippen LogP contribution in [0.4, 0.5) is 11.6 Å². The molecule has 2 heterocycles. The third-order valence-electron chi connectivity index (χ3n) is 4.45. The number of nitro groups is 1. The zero-order valence-corrected chi connectivity index (χ0v) is 13.4. The van der Waals surface area contributed by atoms with Crippen LogP contribution in [0.25, 0.3) is 0 Å². The fourth-order valence-corrected chi connectivity index (χ4v) is 3.03. The molecule has 0 N–H and O–H groups in total. The van der Waals surface area contributed by atoms with Crippen molar-refractivity contribution in [3.05, 3.63) is 58.3 Å². The normalized spacial score (nSPS) is 15.3. The number of amides is 1. The quantitative estimate of drug-likeness (QED) is 0.636. The van der Waals surface area contributed by atoms with E-state index in [-0.39, 0.29) is 11.7 Å². The molecule has 0 bridgehead atoms. The second-order valence-corrected chi connectivity index (χ2v) is 5.86. The number of nitrogens with zero attached hydrogens (tertiary/aromatic N) is 3. The Morgan fingerprint density at radius 3 is 2.46 bits per heavy atom. The van der Waals surface area contributed by atoms with Gasteiger partial charge in [-0.15, -0.1) is 0 Å². The van der Waals surface area contributed by atoms with Crippen LogP contribution in [0.15, 0.2) is 46.9 Å². The summed E-state index contributed by atoms with van der Waals surface area (Å²) in [6.07, 6.45) is 1.69. The minimum absolute atomic E-state index is 0.0246. The van der Waals surface area contributed by atoms with E-state index in [4.69, 9.17) is 4.42 Å². The molecule has 1 fully saturated rings. The fraction of sp³-hybridized carbons (Fsp3) is 0.353. The van der Waals surface area contributed by atoms with Crippen LogP contribution < -0.4 is 4.90 Å². The third-order valence-corrected chi connectivity index (χ3v) is 4.45. The van der Waals surface area contributed by atoms with Crippen molar-refractivity contribution >= 4 is 17.5 Å². The summed E-state index contributed by atoms with van der Waals surface area (Å²) >= 11 is 0. The van der Waals surface area contributed by atoms with E-state index in [1.54, 1.807) is 4.90 Å². The molecule has 7 heteroatoms. The van der Waals surface area contributed by atoms with Gasteiger partial charge in [-0.2, -0.15) is 0 Å². The van der Waals surface area contributed by atoms with Gasteiger partial charge in [-0.05, 0) is 31.0 Å². The molecule has 0 spiro atoms. The molecular formula is C17H19N3O4. The standard InChI is InChI=1S/C17H19N3O4/c1-18(13-5-3-2-4-6-13)14-9-11-19(12-10-14)17(21)15-7-8-16(24-15)20(22)23/h2-8,14H,9-12H2,1H3. The number of hydrogen-bond donors (Lipinski definition) is 0. The Kier molecular flexibility index (Phi) is 4.50. The topological polar surface area (TPSA) is 79.8 Å². The lowest BCUT2D eigenvalue weighted by atomic mass is 10.0. The van der Waals surface area contributed by atoms with E-state index in [0.717, 1.165) is 18.5 Å². The molecule has 0 saturated carbocycles. The van der Waals surface area contributed by atoms with Crippen molar-refractivity contribution in [1.82, 2.24) is 4.90 Å². The van der Waals surface area contributed by atoms with Crippen molar-refractivity contribution in [3.63, 3.8) is 0 Å². The molecule has 1 saturated heterocycles. The van der Waals surface area contributed by atoms with Crippen LogP contribution in [0.3, 0.4) is 0 Å². The highest BCUT2D eigenvalue weighted by atomic mass is 16.6. The van der Waals surface area contributed by atoms with Gasteiger partial charge in [0.25, 0.3) is 5.91 Å². The van der Waals surface area contributed by atoms with E-state index in [1.807, 2.05) is 18.2 Å². The number of piperidine rings is 1. The summed E-state index contributed by atoms with van der Waals surface area (Å²) in [7, 11) is 2.06. The van der Waals surface area contributed by atoms with Gasteiger partial charge in [0.1, 0.15) is 4.92 Å². The number of hydrogen-bond acceptors (Lipinski definition) is 5. The maximum atomic E-state index is 12.4. The van der Waals surface area contributed by atoms with Crippen molar-refractivity contribution < 1.29 is 14.1 Å². The van der Waals surface area contributed by atoms with Gasteiger partial charge in [0.15, 0.2) is 5.76 Å². The van der Waals surface area contributed by atoms with E-state index < -0.39 is 10.8 Å². The zero-order valence-electron chi connectivity index (χ0n) is 13.4. The monoisotopic (exact) mass is 329 g/mol. The lowest BCUT2D eigenvalue weighted by Gasteiger charge is -2.37. The van der Waals surface area contributed by atoms with Gasteiger partial charge in [0, 0.05) is 31.9 Å². The second-order valence-electron chi connectivity index (χ2n) is 5.86. The van der Waals surface area contributed by atoms with Crippen LogP contribution in [-0.2, 0) is 0 Å². The molecule has 1 aliphatic heterocycles. The van der Waals surface area contributed by atoms with Crippen LogP contribution in [0.5, 0.6) is 0 Å². The van der Waals surface area contributed by atoms with Crippen LogP contribution in [0.1, 0.15) is 23.4 Å². The first-order valence-electron chi connectivity index (χ1n) is 7.87. The van der Waals surface area contributed by atoms with Gasteiger partial charge in [0.05, 0.1) is 6.07 Å². The fourth-order valence-electron chi connectivity index (χ4n) is 3.03. The Labute approximate surface area is 139 Å². The van der Waals surface area contributed by atoms with Crippen molar-refractivity contribution in [2.45, 2.75) is 18.9 Å². The van der Waals surface area contributed by atoms with Crippen LogP contribution in [0.2, 0.25) is 0 Å². The first kappa shape index (κ1) is 16.0. The van der Waals surface area contributed by atoms with E-state index in [9.17, 15) is 14.9 Å². The molecule has 0 aliphatic carbocycles. The maximum Gasteiger partial charge on any atom is 0.433 e. The average Bonchev–Trinajstić information content (AvgIpc) is 3.12. The molecular weight excluding hydrogens is 310 g/mol. The second kappa shape index (κ2) is 6.74. The number of carbonyl (C=O) groups is 1. The highest BCUT2D eigenvalue weighted by Gasteiger charge is 2.28. The summed E-state index contributed by atoms with van der Waals surface area (Å²) in [5.74, 6) is -0.669. The van der Waals surface area contributed by atoms with Crippen molar-refractivity contribution in [1.29, 1.82) is 0 Å². The predicted molar refractivity (Wildman–Crippen MR) is 89.1 cm³/mol. The number of para-hydroxylation sites is 1. The maximum absolute atomic E-state index is 12.4. The first-order chi connectivity index (χ1) is 11.6. The zero-order chi connectivity index (χ0) is 17.1. The Morgan fingerprint density at radius 1 is 1.21 bits per heavy atom. The summed E-state index contributed by atoms with van der Waals surface area (Å²) in [5, 5.41) is 10.6. The van der Waals surface area contributed by atoms with E-state index in [2.05, 4.69) is 24.1 Å². The number of benzene rings is 1. The van der Waals surface area contributed by atoms with Crippen LogP contribution >= 0.6 is 0 Å². The van der Waals surface area contributed by atoms with E-state index >= 15 is 0 Å². The van der Waals surface area contributed by atoms with Crippen molar-refractivity contribution in [2.24, 2.45) is 0 Å². The Bertz CT molecular complexity index is 720. The van der Waals surface area contributed by atoms with E-state index in [0.29, 0.717) is 19.1 Å². The smallest absolute Gasteiger partial charge is 0.395 e. The van der Waals surface area contributed by atoms with E-state index in [1.165, 1.54) is 12.1 Å². The molecule has 0 atom stereocenters. The summed E-state index contributed by atoms with van der Waals surface area (Å²) < 4.78 is 5.00. The lowest BCUT2D eigenvalue weighted by Crippen LogP contribution is -2.45. The SMILES string of the molecule is CN(c1ccccc1)C1CCN(C(=O)c2ccc([N+](=O)[O-])o2)CC1. The van der Waals surface area contributed by atoms with Gasteiger partial charge < -0.3 is 14.2 Å². The third kappa shape index (κ3) is 3.24. The highest BCUT2D eigenvalue weighted by Crippen LogP contribution is 2.24. The molecule has 1 amide bonds. The average molecular weight is 329 g/mol. The molecule has 0 radical (unpaired) electrons.